The van der Waals surface area contributed by atoms with Gasteiger partial charge in [-0.2, -0.15) is 4.99 Å². The monoisotopic (exact) mass is 229 g/mol. The Bertz CT molecular complexity index is 432. The Hall–Kier alpha value is -1.71. The molecule has 6 heteroatoms. The number of benzene rings is 1. The molecule has 0 heterocycles. The number of aliphatic imine (C=N–C) groups is 1. The van der Waals surface area contributed by atoms with Crippen LogP contribution in [0.2, 0.25) is 5.02 Å². The molecule has 78 valence electrons. The van der Waals surface area contributed by atoms with E-state index in [1.54, 1.807) is 0 Å². The molecule has 0 N–H and O–H groups in total. The van der Waals surface area contributed by atoms with Crippen molar-refractivity contribution in [1.29, 1.82) is 0 Å². The maximum absolute atomic E-state index is 13.2. The minimum absolute atomic E-state index is 0.0511. The Morgan fingerprint density at radius 1 is 1.60 bits per heavy atom. The molecule has 0 unspecified atom stereocenters. The van der Waals surface area contributed by atoms with Crippen LogP contribution < -0.4 is 0 Å². The number of halogens is 2. The Balaban J connectivity index is 3.31. The summed E-state index contributed by atoms with van der Waals surface area (Å²) in [6.45, 7) is 0. The van der Waals surface area contributed by atoms with Gasteiger partial charge in [0, 0.05) is 0 Å². The van der Waals surface area contributed by atoms with E-state index >= 15 is 0 Å². The molecule has 0 fully saturated rings. The minimum atomic E-state index is -0.883. The van der Waals surface area contributed by atoms with Crippen LogP contribution >= 0.6 is 11.6 Å². The van der Waals surface area contributed by atoms with Gasteiger partial charge in [0.15, 0.2) is 5.82 Å². The molecule has 15 heavy (non-hydrogen) atoms. The number of methoxy groups -OCH3 is 1. The molecule has 0 aromatic heterocycles. The highest BCUT2D eigenvalue weighted by Gasteiger charge is 2.13. The molecule has 0 saturated carbocycles. The number of hydrogen-bond donors (Lipinski definition) is 0. The third kappa shape index (κ3) is 2.40. The Morgan fingerprint density at radius 3 is 2.73 bits per heavy atom. The summed E-state index contributed by atoms with van der Waals surface area (Å²) in [7, 11) is 1.16. The largest absolute Gasteiger partial charge is 0.465 e. The van der Waals surface area contributed by atoms with E-state index in [0.29, 0.717) is 0 Å². The standard InChI is InChI=1S/C9H5ClFNO3/c1-15-9(14)5-2-6(10)8(12-4-13)7(11)3-5/h2-3H,1H3. The van der Waals surface area contributed by atoms with Crippen LogP contribution in [-0.4, -0.2) is 19.2 Å². The fourth-order valence-corrected chi connectivity index (χ4v) is 1.20. The van der Waals surface area contributed by atoms with Gasteiger partial charge in [0.05, 0.1) is 17.7 Å². The molecule has 0 spiro atoms. The number of carbonyl (C=O) groups is 1. The Morgan fingerprint density at radius 2 is 2.27 bits per heavy atom. The van der Waals surface area contributed by atoms with Crippen molar-refractivity contribution in [3.63, 3.8) is 0 Å². The lowest BCUT2D eigenvalue weighted by Crippen LogP contribution is -2.01. The topological polar surface area (TPSA) is 55.7 Å². The molecule has 0 atom stereocenters. The first-order valence-corrected chi connectivity index (χ1v) is 4.13. The average Bonchev–Trinajstić information content (AvgIpc) is 2.22. The average molecular weight is 230 g/mol. The molecule has 0 radical (unpaired) electrons. The number of nitrogens with zero attached hydrogens (tertiary/aromatic N) is 1. The van der Waals surface area contributed by atoms with Crippen LogP contribution in [0.15, 0.2) is 17.1 Å². The van der Waals surface area contributed by atoms with Gasteiger partial charge in [0.1, 0.15) is 5.69 Å². The normalized spacial score (nSPS) is 9.27. The smallest absolute Gasteiger partial charge is 0.338 e. The second kappa shape index (κ2) is 4.68. The Kier molecular flexibility index (Phi) is 3.55. The van der Waals surface area contributed by atoms with Gasteiger partial charge >= 0.3 is 5.97 Å². The van der Waals surface area contributed by atoms with Crippen LogP contribution in [0.25, 0.3) is 0 Å². The predicted molar refractivity (Wildman–Crippen MR) is 50.5 cm³/mol. The lowest BCUT2D eigenvalue weighted by Gasteiger charge is -2.02. The van der Waals surface area contributed by atoms with Crippen molar-refractivity contribution in [2.45, 2.75) is 0 Å². The molecule has 0 aliphatic heterocycles. The van der Waals surface area contributed by atoms with E-state index in [1.165, 1.54) is 0 Å². The lowest BCUT2D eigenvalue weighted by atomic mass is 10.2. The summed E-state index contributed by atoms with van der Waals surface area (Å²) in [6, 6.07) is 2.04. The second-order valence-corrected chi connectivity index (χ2v) is 2.89. The minimum Gasteiger partial charge on any atom is -0.465 e. The number of ether oxygens (including phenoxy) is 1. The van der Waals surface area contributed by atoms with Gasteiger partial charge in [-0.15, -0.1) is 0 Å². The summed E-state index contributed by atoms with van der Waals surface area (Å²) >= 11 is 5.59. The molecule has 1 aromatic carbocycles. The van der Waals surface area contributed by atoms with Crippen LogP contribution in [0.5, 0.6) is 0 Å². The van der Waals surface area contributed by atoms with E-state index in [-0.39, 0.29) is 16.3 Å². The highest BCUT2D eigenvalue weighted by Crippen LogP contribution is 2.29. The van der Waals surface area contributed by atoms with Crippen molar-refractivity contribution in [2.24, 2.45) is 4.99 Å². The van der Waals surface area contributed by atoms with Gasteiger partial charge < -0.3 is 4.74 Å². The van der Waals surface area contributed by atoms with Gasteiger partial charge in [-0.1, -0.05) is 11.6 Å². The predicted octanol–water partition coefficient (Wildman–Crippen LogP) is 2.23. The maximum Gasteiger partial charge on any atom is 0.338 e. The third-order valence-corrected chi connectivity index (χ3v) is 1.88. The molecular formula is C9H5ClFNO3. The van der Waals surface area contributed by atoms with Crippen LogP contribution in [-0.2, 0) is 9.53 Å². The van der Waals surface area contributed by atoms with Crippen molar-refractivity contribution in [1.82, 2.24) is 0 Å². The number of esters is 1. The molecule has 0 bridgehead atoms. The van der Waals surface area contributed by atoms with E-state index in [1.807, 2.05) is 0 Å². The Labute approximate surface area is 89.3 Å². The first-order chi connectivity index (χ1) is 7.10. The second-order valence-electron chi connectivity index (χ2n) is 2.48. The van der Waals surface area contributed by atoms with Gasteiger partial charge in [-0.3, -0.25) is 0 Å². The first kappa shape index (κ1) is 11.4. The number of rotatable bonds is 2. The molecule has 1 aromatic rings. The molecule has 1 rings (SSSR count). The number of hydrogen-bond acceptors (Lipinski definition) is 4. The van der Waals surface area contributed by atoms with Crippen molar-refractivity contribution in [3.05, 3.63) is 28.5 Å². The number of carbonyl (C=O) groups excluding carboxylic acids is 2. The molecule has 0 aliphatic rings. The molecule has 0 aliphatic carbocycles. The fraction of sp³-hybridized carbons (Fsp3) is 0.111. The van der Waals surface area contributed by atoms with Gasteiger partial charge in [-0.05, 0) is 12.1 Å². The van der Waals surface area contributed by atoms with E-state index in [4.69, 9.17) is 11.6 Å². The summed E-state index contributed by atoms with van der Waals surface area (Å²) in [4.78, 5) is 24.0. The number of isocyanates is 1. The van der Waals surface area contributed by atoms with Crippen molar-refractivity contribution in [3.8, 4) is 0 Å². The maximum atomic E-state index is 13.2. The van der Waals surface area contributed by atoms with Gasteiger partial charge in [-0.25, -0.2) is 14.0 Å². The van der Waals surface area contributed by atoms with Crippen molar-refractivity contribution >= 4 is 29.3 Å². The van der Waals surface area contributed by atoms with Crippen LogP contribution in [0.3, 0.4) is 0 Å². The summed E-state index contributed by atoms with van der Waals surface area (Å²) < 4.78 is 17.6. The van der Waals surface area contributed by atoms with E-state index < -0.39 is 11.8 Å². The van der Waals surface area contributed by atoms with Crippen molar-refractivity contribution in [2.75, 3.05) is 7.11 Å². The molecule has 4 nitrogen and oxygen atoms in total. The zero-order valence-corrected chi connectivity index (χ0v) is 8.34. The van der Waals surface area contributed by atoms with E-state index in [9.17, 15) is 14.0 Å². The summed E-state index contributed by atoms with van der Waals surface area (Å²) in [5.41, 5.74) is -0.399. The summed E-state index contributed by atoms with van der Waals surface area (Å²) in [5, 5.41) is -0.154. The van der Waals surface area contributed by atoms with Gasteiger partial charge in [0.25, 0.3) is 0 Å². The lowest BCUT2D eigenvalue weighted by molar-refractivity contribution is 0.0600. The van der Waals surface area contributed by atoms with Crippen LogP contribution in [0.1, 0.15) is 10.4 Å². The van der Waals surface area contributed by atoms with Crippen LogP contribution in [0, 0.1) is 5.82 Å². The molecule has 0 saturated heterocycles. The van der Waals surface area contributed by atoms with E-state index in [2.05, 4.69) is 9.73 Å². The third-order valence-electron chi connectivity index (χ3n) is 1.60. The summed E-state index contributed by atoms with van der Waals surface area (Å²) in [6.07, 6.45) is 1.16. The zero-order valence-electron chi connectivity index (χ0n) is 7.58. The van der Waals surface area contributed by atoms with E-state index in [0.717, 1.165) is 25.3 Å². The highest BCUT2D eigenvalue weighted by molar-refractivity contribution is 6.33. The zero-order chi connectivity index (χ0) is 11.4. The SMILES string of the molecule is COC(=O)c1cc(F)c(N=C=O)c(Cl)c1. The molecule has 0 amide bonds. The van der Waals surface area contributed by atoms with Crippen molar-refractivity contribution < 1.29 is 18.7 Å². The van der Waals surface area contributed by atoms with Gasteiger partial charge in [0.2, 0.25) is 6.08 Å². The quantitative estimate of drug-likeness (QED) is 0.444. The highest BCUT2D eigenvalue weighted by atomic mass is 35.5. The van der Waals surface area contributed by atoms with Crippen LogP contribution in [0.4, 0.5) is 10.1 Å². The summed E-state index contributed by atoms with van der Waals surface area (Å²) in [5.74, 6) is -1.61. The first-order valence-electron chi connectivity index (χ1n) is 3.75. The fourth-order valence-electron chi connectivity index (χ4n) is 0.954. The molecular weight excluding hydrogens is 225 g/mol.